The number of hydrazine groups is 1. The summed E-state index contributed by atoms with van der Waals surface area (Å²) in [6, 6.07) is -0.0507. The lowest BCUT2D eigenvalue weighted by molar-refractivity contribution is 0.292. The van der Waals surface area contributed by atoms with Crippen LogP contribution in [0.25, 0.3) is 0 Å². The monoisotopic (exact) mass is 302 g/mol. The van der Waals surface area contributed by atoms with Crippen LogP contribution in [0.2, 0.25) is 0 Å². The molecule has 112 valence electrons. The van der Waals surface area contributed by atoms with Gasteiger partial charge in [0, 0.05) is 6.04 Å². The Balaban J connectivity index is 2.10. The molecule has 4 N–H and O–H groups in total. The van der Waals surface area contributed by atoms with E-state index in [1.54, 1.807) is 0 Å². The van der Waals surface area contributed by atoms with Crippen molar-refractivity contribution in [1.82, 2.24) is 15.0 Å². The molecule has 0 aliphatic carbocycles. The lowest BCUT2D eigenvalue weighted by Gasteiger charge is -2.12. The zero-order chi connectivity index (χ0) is 14.6. The first-order chi connectivity index (χ1) is 9.52. The number of sulfone groups is 1. The fourth-order valence-electron chi connectivity index (χ4n) is 1.83. The van der Waals surface area contributed by atoms with Crippen molar-refractivity contribution in [1.29, 1.82) is 0 Å². The number of nitrogens with two attached hydrogens (primary N) is 1. The summed E-state index contributed by atoms with van der Waals surface area (Å²) in [5.74, 6) is 5.95. The number of nitrogens with zero attached hydrogens (tertiary/aromatic N) is 3. The molecule has 2 rings (SSSR count). The number of nitrogen functional groups attached to an aromatic ring is 1. The Morgan fingerprint density at radius 1 is 1.35 bits per heavy atom. The van der Waals surface area contributed by atoms with E-state index in [9.17, 15) is 8.42 Å². The van der Waals surface area contributed by atoms with E-state index in [1.165, 1.54) is 0 Å². The third-order valence-electron chi connectivity index (χ3n) is 2.74. The van der Waals surface area contributed by atoms with Gasteiger partial charge in [-0.3, -0.25) is 5.43 Å². The van der Waals surface area contributed by atoms with Gasteiger partial charge in [0.25, 0.3) is 0 Å². The molecule has 0 saturated carbocycles. The quantitative estimate of drug-likeness (QED) is 0.472. The van der Waals surface area contributed by atoms with Crippen molar-refractivity contribution in [2.45, 2.75) is 25.8 Å². The van der Waals surface area contributed by atoms with E-state index in [1.807, 2.05) is 6.92 Å². The maximum atomic E-state index is 11.4. The van der Waals surface area contributed by atoms with Gasteiger partial charge in [0.05, 0.1) is 18.1 Å². The molecule has 1 aliphatic rings. The first-order valence-corrected chi connectivity index (χ1v) is 8.17. The van der Waals surface area contributed by atoms with Crippen LogP contribution in [-0.4, -0.2) is 47.5 Å². The Labute approximate surface area is 117 Å². The topological polar surface area (TPSA) is 132 Å². The van der Waals surface area contributed by atoms with E-state index in [0.29, 0.717) is 13.0 Å². The fourth-order valence-corrected chi connectivity index (χ4v) is 3.51. The van der Waals surface area contributed by atoms with Crippen molar-refractivity contribution in [3.63, 3.8) is 0 Å². The summed E-state index contributed by atoms with van der Waals surface area (Å²) in [6.45, 7) is 2.44. The summed E-state index contributed by atoms with van der Waals surface area (Å²) >= 11 is 0. The summed E-state index contributed by atoms with van der Waals surface area (Å²) in [5.41, 5.74) is 2.32. The molecule has 9 nitrogen and oxygen atoms in total. The number of hydrogen-bond acceptors (Lipinski definition) is 9. The van der Waals surface area contributed by atoms with Crippen LogP contribution in [0.3, 0.4) is 0 Å². The molecule has 1 unspecified atom stereocenters. The van der Waals surface area contributed by atoms with Gasteiger partial charge in [0.2, 0.25) is 11.9 Å². The number of aromatic nitrogens is 3. The smallest absolute Gasteiger partial charge is 0.323 e. The van der Waals surface area contributed by atoms with E-state index in [4.69, 9.17) is 10.6 Å². The molecule has 1 aromatic heterocycles. The fraction of sp³-hybridized carbons (Fsp3) is 0.700. The highest BCUT2D eigenvalue weighted by atomic mass is 32.2. The Bertz CT molecular complexity index is 564. The van der Waals surface area contributed by atoms with Gasteiger partial charge in [0.15, 0.2) is 9.84 Å². The SMILES string of the molecule is CCCOc1nc(NN)nc(NC2CCS(=O)(=O)C2)n1. The second-order valence-electron chi connectivity index (χ2n) is 4.50. The van der Waals surface area contributed by atoms with E-state index >= 15 is 0 Å². The molecule has 1 saturated heterocycles. The lowest BCUT2D eigenvalue weighted by Crippen LogP contribution is -2.23. The van der Waals surface area contributed by atoms with Crippen LogP contribution < -0.4 is 21.3 Å². The zero-order valence-corrected chi connectivity index (χ0v) is 12.0. The largest absolute Gasteiger partial charge is 0.463 e. The summed E-state index contributed by atoms with van der Waals surface area (Å²) < 4.78 is 28.2. The van der Waals surface area contributed by atoms with Gasteiger partial charge in [-0.25, -0.2) is 14.3 Å². The standard InChI is InChI=1S/C10H18N6O3S/c1-2-4-19-10-14-8(13-9(15-10)16-11)12-7-3-5-20(17,18)6-7/h7H,2-6,11H2,1H3,(H2,12,13,14,15,16). The molecule has 20 heavy (non-hydrogen) atoms. The molecule has 0 aromatic carbocycles. The average Bonchev–Trinajstić information content (AvgIpc) is 2.75. The Morgan fingerprint density at radius 3 is 2.70 bits per heavy atom. The van der Waals surface area contributed by atoms with E-state index < -0.39 is 9.84 Å². The lowest BCUT2D eigenvalue weighted by atomic mass is 10.3. The normalized spacial score (nSPS) is 20.6. The van der Waals surface area contributed by atoms with Crippen LogP contribution in [0.4, 0.5) is 11.9 Å². The highest BCUT2D eigenvalue weighted by Gasteiger charge is 2.28. The van der Waals surface area contributed by atoms with Crippen molar-refractivity contribution in [2.24, 2.45) is 5.84 Å². The average molecular weight is 302 g/mol. The van der Waals surface area contributed by atoms with Gasteiger partial charge in [0.1, 0.15) is 0 Å². The third kappa shape index (κ3) is 3.90. The minimum atomic E-state index is -2.96. The zero-order valence-electron chi connectivity index (χ0n) is 11.2. The predicted molar refractivity (Wildman–Crippen MR) is 74.1 cm³/mol. The predicted octanol–water partition coefficient (Wildman–Crippen LogP) is -0.455. The maximum absolute atomic E-state index is 11.4. The number of ether oxygens (including phenoxy) is 1. The second-order valence-corrected chi connectivity index (χ2v) is 6.73. The maximum Gasteiger partial charge on any atom is 0.323 e. The summed E-state index contributed by atoms with van der Waals surface area (Å²) in [7, 11) is -2.96. The molecule has 10 heteroatoms. The molecule has 1 atom stereocenters. The third-order valence-corrected chi connectivity index (χ3v) is 4.51. The molecule has 1 aromatic rings. The van der Waals surface area contributed by atoms with E-state index in [0.717, 1.165) is 6.42 Å². The molecule has 0 amide bonds. The first kappa shape index (κ1) is 14.7. The van der Waals surface area contributed by atoms with Crippen molar-refractivity contribution in [3.8, 4) is 6.01 Å². The van der Waals surface area contributed by atoms with Crippen LogP contribution in [0, 0.1) is 0 Å². The van der Waals surface area contributed by atoms with Gasteiger partial charge in [-0.2, -0.15) is 15.0 Å². The number of nitrogens with one attached hydrogen (secondary N) is 2. The summed E-state index contributed by atoms with van der Waals surface area (Å²) in [4.78, 5) is 12.1. The van der Waals surface area contributed by atoms with Gasteiger partial charge >= 0.3 is 6.01 Å². The number of anilines is 2. The Hall–Kier alpha value is -1.68. The second kappa shape index (κ2) is 6.18. The van der Waals surface area contributed by atoms with Gasteiger partial charge < -0.3 is 10.1 Å². The highest BCUT2D eigenvalue weighted by molar-refractivity contribution is 7.91. The molecule has 0 spiro atoms. The summed E-state index contributed by atoms with van der Waals surface area (Å²) in [6.07, 6.45) is 1.35. The van der Waals surface area contributed by atoms with Crippen molar-refractivity contribution in [3.05, 3.63) is 0 Å². The van der Waals surface area contributed by atoms with Gasteiger partial charge in [-0.05, 0) is 12.8 Å². The first-order valence-electron chi connectivity index (χ1n) is 6.35. The number of hydrogen-bond donors (Lipinski definition) is 3. The number of rotatable bonds is 6. The van der Waals surface area contributed by atoms with Crippen LogP contribution in [0.1, 0.15) is 19.8 Å². The Morgan fingerprint density at radius 2 is 2.10 bits per heavy atom. The highest BCUT2D eigenvalue weighted by Crippen LogP contribution is 2.17. The molecule has 0 radical (unpaired) electrons. The molecule has 2 heterocycles. The van der Waals surface area contributed by atoms with Crippen LogP contribution in [-0.2, 0) is 9.84 Å². The van der Waals surface area contributed by atoms with Crippen molar-refractivity contribution < 1.29 is 13.2 Å². The molecular weight excluding hydrogens is 284 g/mol. The van der Waals surface area contributed by atoms with Gasteiger partial charge in [-0.15, -0.1) is 0 Å². The summed E-state index contributed by atoms with van der Waals surface area (Å²) in [5, 5.41) is 2.97. The van der Waals surface area contributed by atoms with Crippen LogP contribution >= 0.6 is 0 Å². The van der Waals surface area contributed by atoms with Gasteiger partial charge in [-0.1, -0.05) is 6.92 Å². The van der Waals surface area contributed by atoms with Crippen LogP contribution in [0.15, 0.2) is 0 Å². The Kier molecular flexibility index (Phi) is 4.55. The van der Waals surface area contributed by atoms with E-state index in [2.05, 4.69) is 25.7 Å². The minimum Gasteiger partial charge on any atom is -0.463 e. The van der Waals surface area contributed by atoms with Crippen molar-refractivity contribution in [2.75, 3.05) is 28.9 Å². The van der Waals surface area contributed by atoms with Crippen LogP contribution in [0.5, 0.6) is 6.01 Å². The minimum absolute atomic E-state index is 0.0786. The molecular formula is C10H18N6O3S. The van der Waals surface area contributed by atoms with E-state index in [-0.39, 0.29) is 35.5 Å². The van der Waals surface area contributed by atoms with Crippen molar-refractivity contribution >= 4 is 21.7 Å². The molecule has 1 aliphatic heterocycles. The molecule has 0 bridgehead atoms. The molecule has 1 fully saturated rings.